The van der Waals surface area contributed by atoms with Crippen molar-refractivity contribution in [2.24, 2.45) is 0 Å². The summed E-state index contributed by atoms with van der Waals surface area (Å²) in [4.78, 5) is 0. The fourth-order valence-corrected chi connectivity index (χ4v) is 2.70. The van der Waals surface area contributed by atoms with E-state index in [0.717, 1.165) is 17.9 Å². The highest BCUT2D eigenvalue weighted by Crippen LogP contribution is 2.42. The van der Waals surface area contributed by atoms with Crippen molar-refractivity contribution in [1.29, 1.82) is 0 Å². The summed E-state index contributed by atoms with van der Waals surface area (Å²) in [6, 6.07) is 7.71. The van der Waals surface area contributed by atoms with E-state index < -0.39 is 5.60 Å². The number of hydrogen-bond acceptors (Lipinski definition) is 4. The van der Waals surface area contributed by atoms with Gasteiger partial charge in [0, 0.05) is 32.2 Å². The first-order chi connectivity index (χ1) is 8.97. The van der Waals surface area contributed by atoms with E-state index in [2.05, 4.69) is 5.32 Å². The molecule has 0 spiro atoms. The normalized spacial score (nSPS) is 24.6. The second kappa shape index (κ2) is 5.49. The summed E-state index contributed by atoms with van der Waals surface area (Å²) in [6.45, 7) is 5.87. The summed E-state index contributed by atoms with van der Waals surface area (Å²) in [7, 11) is 1.67. The van der Waals surface area contributed by atoms with Crippen LogP contribution in [0.4, 0.5) is 0 Å². The lowest BCUT2D eigenvalue weighted by Gasteiger charge is -2.43. The van der Waals surface area contributed by atoms with Gasteiger partial charge in [-0.2, -0.15) is 0 Å². The molecule has 1 aliphatic rings. The van der Waals surface area contributed by atoms with Crippen molar-refractivity contribution in [2.45, 2.75) is 31.5 Å². The van der Waals surface area contributed by atoms with Gasteiger partial charge in [0.25, 0.3) is 0 Å². The summed E-state index contributed by atoms with van der Waals surface area (Å²) >= 11 is 0. The number of aliphatic hydroxyl groups is 1. The van der Waals surface area contributed by atoms with Gasteiger partial charge in [-0.3, -0.25) is 0 Å². The van der Waals surface area contributed by atoms with Gasteiger partial charge >= 0.3 is 0 Å². The van der Waals surface area contributed by atoms with E-state index in [1.807, 2.05) is 38.1 Å². The Bertz CT molecular complexity index is 433. The highest BCUT2D eigenvalue weighted by molar-refractivity contribution is 5.41. The minimum atomic E-state index is -0.897. The highest BCUT2D eigenvalue weighted by atomic mass is 16.5. The first-order valence-electron chi connectivity index (χ1n) is 6.67. The van der Waals surface area contributed by atoms with Gasteiger partial charge in [-0.15, -0.1) is 0 Å². The van der Waals surface area contributed by atoms with Crippen LogP contribution in [0.15, 0.2) is 24.3 Å². The topological polar surface area (TPSA) is 50.7 Å². The molecular weight excluding hydrogens is 242 g/mol. The maximum atomic E-state index is 11.0. The van der Waals surface area contributed by atoms with Crippen molar-refractivity contribution >= 4 is 0 Å². The van der Waals surface area contributed by atoms with Crippen LogP contribution >= 0.6 is 0 Å². The summed E-state index contributed by atoms with van der Waals surface area (Å²) < 4.78 is 10.9. The Kier molecular flexibility index (Phi) is 4.13. The summed E-state index contributed by atoms with van der Waals surface area (Å²) in [5, 5.41) is 14.2. The van der Waals surface area contributed by atoms with Crippen molar-refractivity contribution in [3.63, 3.8) is 0 Å². The fraction of sp³-hybridized carbons (Fsp3) is 0.600. The quantitative estimate of drug-likeness (QED) is 0.795. The molecular formula is C15H23NO3. The summed E-state index contributed by atoms with van der Waals surface area (Å²) in [5.74, 6) is 0.773. The highest BCUT2D eigenvalue weighted by Gasteiger charge is 2.43. The fourth-order valence-electron chi connectivity index (χ4n) is 2.70. The lowest BCUT2D eigenvalue weighted by molar-refractivity contribution is -0.0628. The molecule has 0 aliphatic carbocycles. The largest absolute Gasteiger partial charge is 0.487 e. The molecule has 4 heteroatoms. The SMILES string of the molecule is COCCNCC1(O)CC(C)(C)Oc2ccccc21. The number of rotatable bonds is 5. The van der Waals surface area contributed by atoms with E-state index in [4.69, 9.17) is 9.47 Å². The van der Waals surface area contributed by atoms with Crippen molar-refractivity contribution < 1.29 is 14.6 Å². The Hall–Kier alpha value is -1.10. The number of fused-ring (bicyclic) bond motifs is 1. The maximum absolute atomic E-state index is 11.0. The molecule has 0 saturated heterocycles. The van der Waals surface area contributed by atoms with Crippen LogP contribution in [0.3, 0.4) is 0 Å². The predicted octanol–water partition coefficient (Wildman–Crippen LogP) is 1.67. The third-order valence-electron chi connectivity index (χ3n) is 3.39. The monoisotopic (exact) mass is 265 g/mol. The van der Waals surface area contributed by atoms with Crippen LogP contribution in [0.5, 0.6) is 5.75 Å². The van der Waals surface area contributed by atoms with Gasteiger partial charge < -0.3 is 19.9 Å². The first-order valence-corrected chi connectivity index (χ1v) is 6.67. The molecule has 1 aromatic carbocycles. The Morgan fingerprint density at radius 1 is 1.37 bits per heavy atom. The number of para-hydroxylation sites is 1. The van der Waals surface area contributed by atoms with E-state index in [1.54, 1.807) is 7.11 Å². The van der Waals surface area contributed by atoms with Crippen LogP contribution in [0.25, 0.3) is 0 Å². The molecule has 0 bridgehead atoms. The van der Waals surface area contributed by atoms with E-state index in [9.17, 15) is 5.11 Å². The molecule has 0 amide bonds. The molecule has 106 valence electrons. The third kappa shape index (κ3) is 3.26. The van der Waals surface area contributed by atoms with E-state index in [-0.39, 0.29) is 5.60 Å². The molecule has 2 rings (SSSR count). The Morgan fingerprint density at radius 3 is 2.84 bits per heavy atom. The molecule has 1 aliphatic heterocycles. The standard InChI is InChI=1S/C15H23NO3/c1-14(2)10-15(17,11-16-8-9-18-3)12-6-4-5-7-13(12)19-14/h4-7,16-17H,8-11H2,1-3H3. The lowest BCUT2D eigenvalue weighted by Crippen LogP contribution is -2.49. The minimum Gasteiger partial charge on any atom is -0.487 e. The van der Waals surface area contributed by atoms with Crippen LogP contribution in [0.1, 0.15) is 25.8 Å². The second-order valence-electron chi connectivity index (χ2n) is 5.74. The summed E-state index contributed by atoms with van der Waals surface area (Å²) in [5.41, 5.74) is -0.405. The van der Waals surface area contributed by atoms with Crippen molar-refractivity contribution in [3.05, 3.63) is 29.8 Å². The van der Waals surface area contributed by atoms with Crippen molar-refractivity contribution in [3.8, 4) is 5.75 Å². The van der Waals surface area contributed by atoms with Crippen LogP contribution in [0.2, 0.25) is 0 Å². The van der Waals surface area contributed by atoms with Gasteiger partial charge in [-0.1, -0.05) is 18.2 Å². The van der Waals surface area contributed by atoms with Gasteiger partial charge in [0.05, 0.1) is 6.61 Å². The van der Waals surface area contributed by atoms with Gasteiger partial charge in [0.2, 0.25) is 0 Å². The number of nitrogens with one attached hydrogen (secondary N) is 1. The van der Waals surface area contributed by atoms with E-state index in [1.165, 1.54) is 0 Å². The number of hydrogen-bond donors (Lipinski definition) is 2. The number of ether oxygens (including phenoxy) is 2. The van der Waals surface area contributed by atoms with Gasteiger partial charge in [-0.05, 0) is 19.9 Å². The molecule has 0 aromatic heterocycles. The predicted molar refractivity (Wildman–Crippen MR) is 74.4 cm³/mol. The maximum Gasteiger partial charge on any atom is 0.126 e. The van der Waals surface area contributed by atoms with Crippen molar-refractivity contribution in [1.82, 2.24) is 5.32 Å². The van der Waals surface area contributed by atoms with Gasteiger partial charge in [-0.25, -0.2) is 0 Å². The minimum absolute atomic E-state index is 0.369. The Balaban J connectivity index is 2.18. The van der Waals surface area contributed by atoms with Crippen LogP contribution in [-0.2, 0) is 10.3 Å². The molecule has 1 atom stereocenters. The zero-order valence-electron chi connectivity index (χ0n) is 11.9. The zero-order valence-corrected chi connectivity index (χ0v) is 11.9. The molecule has 0 fully saturated rings. The van der Waals surface area contributed by atoms with Crippen LogP contribution in [0, 0.1) is 0 Å². The van der Waals surface area contributed by atoms with Gasteiger partial charge in [0.15, 0.2) is 0 Å². The average molecular weight is 265 g/mol. The molecule has 0 saturated carbocycles. The Morgan fingerprint density at radius 2 is 2.11 bits per heavy atom. The molecule has 1 heterocycles. The van der Waals surface area contributed by atoms with Gasteiger partial charge in [0.1, 0.15) is 17.0 Å². The lowest BCUT2D eigenvalue weighted by atomic mass is 9.80. The third-order valence-corrected chi connectivity index (χ3v) is 3.39. The first kappa shape index (κ1) is 14.3. The average Bonchev–Trinajstić information content (AvgIpc) is 2.33. The van der Waals surface area contributed by atoms with E-state index >= 15 is 0 Å². The smallest absolute Gasteiger partial charge is 0.126 e. The molecule has 2 N–H and O–H groups in total. The number of methoxy groups -OCH3 is 1. The number of benzene rings is 1. The van der Waals surface area contributed by atoms with E-state index in [0.29, 0.717) is 19.6 Å². The Labute approximate surface area is 114 Å². The van der Waals surface area contributed by atoms with Crippen LogP contribution < -0.4 is 10.1 Å². The van der Waals surface area contributed by atoms with Crippen molar-refractivity contribution in [2.75, 3.05) is 26.8 Å². The molecule has 1 aromatic rings. The molecule has 4 nitrogen and oxygen atoms in total. The second-order valence-corrected chi connectivity index (χ2v) is 5.74. The zero-order chi connectivity index (χ0) is 13.9. The molecule has 19 heavy (non-hydrogen) atoms. The molecule has 1 unspecified atom stereocenters. The molecule has 0 radical (unpaired) electrons. The van der Waals surface area contributed by atoms with Crippen LogP contribution in [-0.4, -0.2) is 37.5 Å². The summed E-state index contributed by atoms with van der Waals surface area (Å²) in [6.07, 6.45) is 0.566.